The van der Waals surface area contributed by atoms with Crippen LogP contribution in [0, 0.1) is 5.41 Å². The molecule has 0 spiro atoms. The Morgan fingerprint density at radius 3 is 2.62 bits per heavy atom. The molecule has 0 unspecified atom stereocenters. The fourth-order valence-corrected chi connectivity index (χ4v) is 1.93. The van der Waals surface area contributed by atoms with E-state index in [4.69, 9.17) is 11.1 Å². The predicted octanol–water partition coefficient (Wildman–Crippen LogP) is 0.541. The minimum absolute atomic E-state index is 0.377. The van der Waals surface area contributed by atoms with Crippen molar-refractivity contribution in [3.8, 4) is 0 Å². The molecule has 5 nitrogen and oxygen atoms in total. The summed E-state index contributed by atoms with van der Waals surface area (Å²) in [7, 11) is 0. The zero-order chi connectivity index (χ0) is 9.26. The normalized spacial score (nSPS) is 16.5. The molecule has 1 aliphatic heterocycles. The van der Waals surface area contributed by atoms with Gasteiger partial charge in [-0.3, -0.25) is 5.41 Å². The van der Waals surface area contributed by atoms with Crippen molar-refractivity contribution in [2.75, 3.05) is 18.8 Å². The quantitative estimate of drug-likeness (QED) is 0.509. The molecule has 0 amide bonds. The second-order valence-corrected chi connectivity index (χ2v) is 3.57. The van der Waals surface area contributed by atoms with Crippen molar-refractivity contribution in [1.82, 2.24) is 13.6 Å². The van der Waals surface area contributed by atoms with Crippen molar-refractivity contribution < 1.29 is 0 Å². The van der Waals surface area contributed by atoms with E-state index >= 15 is 0 Å². The molecular formula is C7H11N5S. The van der Waals surface area contributed by atoms with Crippen LogP contribution in [0.4, 0.5) is 5.82 Å². The fourth-order valence-electron chi connectivity index (χ4n) is 1.45. The van der Waals surface area contributed by atoms with Gasteiger partial charge in [-0.1, -0.05) is 0 Å². The molecule has 1 saturated heterocycles. The van der Waals surface area contributed by atoms with Crippen LogP contribution in [0.15, 0.2) is 0 Å². The second-order valence-electron chi connectivity index (χ2n) is 3.04. The number of nitrogens with two attached hydrogens (primary N) is 1. The number of nitrogen functional groups attached to an aromatic ring is 1. The lowest BCUT2D eigenvalue weighted by atomic mass is 10.3. The highest BCUT2D eigenvalue weighted by molar-refractivity contribution is 6.99. The maximum absolute atomic E-state index is 7.83. The van der Waals surface area contributed by atoms with Gasteiger partial charge >= 0.3 is 0 Å². The van der Waals surface area contributed by atoms with E-state index < -0.39 is 0 Å². The largest absolute Gasteiger partial charge is 0.381 e. The third-order valence-electron chi connectivity index (χ3n) is 2.16. The molecule has 3 N–H and O–H groups in total. The molecule has 0 bridgehead atoms. The first kappa shape index (κ1) is 8.43. The number of hydrogen-bond donors (Lipinski definition) is 2. The summed E-state index contributed by atoms with van der Waals surface area (Å²) in [6, 6.07) is 0. The molecule has 1 fully saturated rings. The molecule has 6 heteroatoms. The van der Waals surface area contributed by atoms with Gasteiger partial charge in [0.05, 0.1) is 11.7 Å². The fraction of sp³-hybridized carbons (Fsp3) is 0.571. The number of aromatic nitrogens is 2. The van der Waals surface area contributed by atoms with Crippen molar-refractivity contribution in [1.29, 1.82) is 5.41 Å². The van der Waals surface area contributed by atoms with Gasteiger partial charge in [0, 0.05) is 13.1 Å². The Bertz CT molecular complexity index is 314. The van der Waals surface area contributed by atoms with Gasteiger partial charge in [-0.2, -0.15) is 8.75 Å². The Balaban J connectivity index is 2.17. The Morgan fingerprint density at radius 2 is 2.08 bits per heavy atom. The summed E-state index contributed by atoms with van der Waals surface area (Å²) in [5.41, 5.74) is 6.11. The first-order valence-electron chi connectivity index (χ1n) is 4.21. The molecule has 0 atom stereocenters. The minimum Gasteiger partial charge on any atom is -0.381 e. The van der Waals surface area contributed by atoms with Gasteiger partial charge in [0.15, 0.2) is 17.3 Å². The Hall–Kier alpha value is -1.17. The summed E-state index contributed by atoms with van der Waals surface area (Å²) >= 11 is 1.06. The number of amidine groups is 1. The number of nitrogens with zero attached hydrogens (tertiary/aromatic N) is 3. The van der Waals surface area contributed by atoms with Crippen LogP contribution in [0.3, 0.4) is 0 Å². The van der Waals surface area contributed by atoms with Crippen molar-refractivity contribution in [2.24, 2.45) is 0 Å². The molecule has 70 valence electrons. The van der Waals surface area contributed by atoms with Crippen LogP contribution >= 0.6 is 11.7 Å². The summed E-state index contributed by atoms with van der Waals surface area (Å²) in [6.07, 6.45) is 2.31. The smallest absolute Gasteiger partial charge is 0.168 e. The van der Waals surface area contributed by atoms with Crippen molar-refractivity contribution in [2.45, 2.75) is 12.8 Å². The van der Waals surface area contributed by atoms with Gasteiger partial charge in [0.25, 0.3) is 0 Å². The van der Waals surface area contributed by atoms with E-state index in [0.29, 0.717) is 17.3 Å². The zero-order valence-electron chi connectivity index (χ0n) is 7.16. The topological polar surface area (TPSA) is 78.9 Å². The molecule has 0 aliphatic carbocycles. The molecule has 2 rings (SSSR count). The maximum atomic E-state index is 7.83. The minimum atomic E-state index is 0.377. The molecule has 2 heterocycles. The number of rotatable bonds is 1. The predicted molar refractivity (Wildman–Crippen MR) is 52.0 cm³/mol. The Kier molecular flexibility index (Phi) is 2.13. The molecule has 0 saturated carbocycles. The van der Waals surface area contributed by atoms with E-state index in [9.17, 15) is 0 Å². The zero-order valence-corrected chi connectivity index (χ0v) is 7.97. The lowest BCUT2D eigenvalue weighted by Gasteiger charge is -2.16. The first-order valence-corrected chi connectivity index (χ1v) is 4.94. The van der Waals surface area contributed by atoms with Crippen LogP contribution in [0.25, 0.3) is 0 Å². The van der Waals surface area contributed by atoms with Crippen LogP contribution in [-0.4, -0.2) is 32.6 Å². The molecule has 1 aromatic heterocycles. The monoisotopic (exact) mass is 197 g/mol. The van der Waals surface area contributed by atoms with Gasteiger partial charge in [0.1, 0.15) is 0 Å². The standard InChI is InChI=1S/C7H11N5S/c8-6-5(10-13-11-6)7(9)12-3-1-2-4-12/h9H,1-4H2,(H2,8,11). The highest BCUT2D eigenvalue weighted by Crippen LogP contribution is 2.15. The highest BCUT2D eigenvalue weighted by atomic mass is 32.1. The molecular weight excluding hydrogens is 186 g/mol. The van der Waals surface area contributed by atoms with E-state index in [1.54, 1.807) is 0 Å². The maximum Gasteiger partial charge on any atom is 0.168 e. The van der Waals surface area contributed by atoms with E-state index in [1.165, 1.54) is 0 Å². The molecule has 13 heavy (non-hydrogen) atoms. The first-order chi connectivity index (χ1) is 6.29. The lowest BCUT2D eigenvalue weighted by molar-refractivity contribution is 0.516. The Labute approximate surface area is 80.4 Å². The van der Waals surface area contributed by atoms with Crippen LogP contribution in [-0.2, 0) is 0 Å². The second kappa shape index (κ2) is 3.29. The van der Waals surface area contributed by atoms with E-state index in [1.807, 2.05) is 4.90 Å². The Morgan fingerprint density at radius 1 is 1.38 bits per heavy atom. The number of anilines is 1. The van der Waals surface area contributed by atoms with Gasteiger partial charge < -0.3 is 10.6 Å². The van der Waals surface area contributed by atoms with Gasteiger partial charge in [-0.25, -0.2) is 0 Å². The summed E-state index contributed by atoms with van der Waals surface area (Å²) in [5, 5.41) is 7.83. The number of hydrogen-bond acceptors (Lipinski definition) is 5. The lowest BCUT2D eigenvalue weighted by Crippen LogP contribution is -2.28. The van der Waals surface area contributed by atoms with Crippen LogP contribution in [0.2, 0.25) is 0 Å². The van der Waals surface area contributed by atoms with Crippen molar-refractivity contribution in [3.63, 3.8) is 0 Å². The van der Waals surface area contributed by atoms with E-state index in [-0.39, 0.29) is 0 Å². The average Bonchev–Trinajstić information content (AvgIpc) is 2.72. The van der Waals surface area contributed by atoms with Crippen LogP contribution in [0.1, 0.15) is 18.5 Å². The molecule has 0 aromatic carbocycles. The summed E-state index contributed by atoms with van der Waals surface area (Å²) < 4.78 is 7.85. The van der Waals surface area contributed by atoms with Gasteiger partial charge in [0.2, 0.25) is 0 Å². The van der Waals surface area contributed by atoms with Gasteiger partial charge in [-0.15, -0.1) is 0 Å². The van der Waals surface area contributed by atoms with E-state index in [0.717, 1.165) is 37.7 Å². The highest BCUT2D eigenvalue weighted by Gasteiger charge is 2.20. The van der Waals surface area contributed by atoms with Crippen LogP contribution < -0.4 is 5.73 Å². The van der Waals surface area contributed by atoms with Crippen molar-refractivity contribution >= 4 is 23.4 Å². The number of likely N-dealkylation sites (tertiary alicyclic amines) is 1. The summed E-state index contributed by atoms with van der Waals surface area (Å²) in [5.74, 6) is 0.797. The third kappa shape index (κ3) is 1.49. The summed E-state index contributed by atoms with van der Waals surface area (Å²) in [4.78, 5) is 1.99. The number of nitrogens with one attached hydrogen (secondary N) is 1. The summed E-state index contributed by atoms with van der Waals surface area (Å²) in [6.45, 7) is 1.88. The molecule has 1 aliphatic rings. The molecule has 0 radical (unpaired) electrons. The van der Waals surface area contributed by atoms with E-state index in [2.05, 4.69) is 8.75 Å². The van der Waals surface area contributed by atoms with Crippen molar-refractivity contribution in [3.05, 3.63) is 5.69 Å². The van der Waals surface area contributed by atoms with Gasteiger partial charge in [-0.05, 0) is 12.8 Å². The third-order valence-corrected chi connectivity index (χ3v) is 2.70. The van der Waals surface area contributed by atoms with Crippen LogP contribution in [0.5, 0.6) is 0 Å². The molecule has 1 aromatic rings. The SMILES string of the molecule is N=C(c1nsnc1N)N1CCCC1. The average molecular weight is 197 g/mol.